The Morgan fingerprint density at radius 2 is 2.27 bits per heavy atom. The number of hydrogen-bond acceptors (Lipinski definition) is 2. The average molecular weight is 152 g/mol. The van der Waals surface area contributed by atoms with Crippen LogP contribution in [0, 0.1) is 0 Å². The van der Waals surface area contributed by atoms with Gasteiger partial charge in [-0.3, -0.25) is 0 Å². The third-order valence-electron chi connectivity index (χ3n) is 1.17. The number of rotatable bonds is 5. The summed E-state index contributed by atoms with van der Waals surface area (Å²) in [5.41, 5.74) is 1.16. The summed E-state index contributed by atoms with van der Waals surface area (Å²) in [5.74, 6) is 0. The van der Waals surface area contributed by atoms with E-state index in [-0.39, 0.29) is 0 Å². The molecule has 0 rings (SSSR count). The predicted octanol–water partition coefficient (Wildman–Crippen LogP) is 1.40. The fourth-order valence-electron chi connectivity index (χ4n) is 0.497. The summed E-state index contributed by atoms with van der Waals surface area (Å²) in [6.07, 6.45) is 7.66. The van der Waals surface area contributed by atoms with Crippen molar-refractivity contribution < 1.29 is 0 Å². The summed E-state index contributed by atoms with van der Waals surface area (Å²) < 4.78 is 0. The maximum absolute atomic E-state index is 3.64. The van der Waals surface area contributed by atoms with E-state index in [1.54, 1.807) is 0 Å². The van der Waals surface area contributed by atoms with Crippen molar-refractivity contribution in [3.8, 4) is 0 Å². The van der Waals surface area contributed by atoms with Gasteiger partial charge in [0.05, 0.1) is 6.67 Å². The van der Waals surface area contributed by atoms with E-state index < -0.39 is 0 Å². The molecule has 0 aliphatic heterocycles. The van der Waals surface area contributed by atoms with Crippen LogP contribution in [0.15, 0.2) is 36.6 Å². The molecule has 11 heavy (non-hydrogen) atoms. The molecule has 0 saturated carbocycles. The fourth-order valence-corrected chi connectivity index (χ4v) is 0.497. The number of allylic oxidation sites excluding steroid dienone is 4. The third-order valence-corrected chi connectivity index (χ3v) is 1.17. The average Bonchev–Trinajstić information content (AvgIpc) is 2.04. The summed E-state index contributed by atoms with van der Waals surface area (Å²) in [4.78, 5) is 0. The van der Waals surface area contributed by atoms with Crippen LogP contribution >= 0.6 is 0 Å². The van der Waals surface area contributed by atoms with Crippen molar-refractivity contribution in [2.45, 2.75) is 6.92 Å². The highest BCUT2D eigenvalue weighted by Gasteiger charge is 1.73. The minimum absolute atomic E-state index is 0.789. The largest absolute Gasteiger partial charge is 0.378 e. The summed E-state index contributed by atoms with van der Waals surface area (Å²) in [6, 6.07) is 0. The van der Waals surface area contributed by atoms with Gasteiger partial charge in [-0.1, -0.05) is 24.3 Å². The summed E-state index contributed by atoms with van der Waals surface area (Å²) in [5, 5.41) is 6.01. The molecule has 62 valence electrons. The predicted molar refractivity (Wildman–Crippen MR) is 50.2 cm³/mol. The van der Waals surface area contributed by atoms with Gasteiger partial charge in [0.15, 0.2) is 0 Å². The zero-order valence-corrected chi connectivity index (χ0v) is 7.22. The molecule has 0 radical (unpaired) electrons. The van der Waals surface area contributed by atoms with E-state index >= 15 is 0 Å². The first-order chi connectivity index (χ1) is 5.31. The molecule has 0 saturated heterocycles. The molecule has 0 fully saturated rings. The van der Waals surface area contributed by atoms with Crippen LogP contribution in [0.4, 0.5) is 0 Å². The molecule has 0 heterocycles. The number of hydrogen-bond donors (Lipinski definition) is 2. The second-order valence-electron chi connectivity index (χ2n) is 2.21. The first kappa shape index (κ1) is 9.98. The monoisotopic (exact) mass is 152 g/mol. The summed E-state index contributed by atoms with van der Waals surface area (Å²) in [6.45, 7) is 6.44. The topological polar surface area (TPSA) is 24.1 Å². The lowest BCUT2D eigenvalue weighted by Crippen LogP contribution is -2.20. The second-order valence-corrected chi connectivity index (χ2v) is 2.21. The maximum Gasteiger partial charge on any atom is 0.0645 e. The normalized spacial score (nSPS) is 12.0. The molecule has 0 amide bonds. The molecule has 0 aromatic carbocycles. The van der Waals surface area contributed by atoms with Gasteiger partial charge >= 0.3 is 0 Å². The summed E-state index contributed by atoms with van der Waals surface area (Å²) in [7, 11) is 1.89. The van der Waals surface area contributed by atoms with Crippen LogP contribution in [0.1, 0.15) is 6.92 Å². The Kier molecular flexibility index (Phi) is 6.43. The van der Waals surface area contributed by atoms with Crippen molar-refractivity contribution >= 4 is 0 Å². The second kappa shape index (κ2) is 7.09. The smallest absolute Gasteiger partial charge is 0.0645 e. The lowest BCUT2D eigenvalue weighted by molar-refractivity contribution is 0.737. The molecule has 2 N–H and O–H groups in total. The van der Waals surface area contributed by atoms with Crippen LogP contribution < -0.4 is 10.6 Å². The standard InChI is InChI=1S/C9H16N2/c1-4-9(2)6-5-7-11-8-10-3/h4-7,10-11H,1,8H2,2-3H3/b7-5-,9-6+. The molecule has 0 aromatic rings. The zero-order chi connectivity index (χ0) is 8.53. The van der Waals surface area contributed by atoms with Crippen molar-refractivity contribution in [1.82, 2.24) is 10.6 Å². The molecule has 0 atom stereocenters. The van der Waals surface area contributed by atoms with Gasteiger partial charge in [-0.05, 0) is 26.2 Å². The van der Waals surface area contributed by atoms with Gasteiger partial charge < -0.3 is 10.6 Å². The Morgan fingerprint density at radius 3 is 2.82 bits per heavy atom. The molecule has 0 unspecified atom stereocenters. The summed E-state index contributed by atoms with van der Waals surface area (Å²) >= 11 is 0. The first-order valence-corrected chi connectivity index (χ1v) is 3.65. The van der Waals surface area contributed by atoms with E-state index in [0.29, 0.717) is 0 Å². The van der Waals surface area contributed by atoms with Gasteiger partial charge in [0.1, 0.15) is 0 Å². The van der Waals surface area contributed by atoms with E-state index in [1.165, 1.54) is 0 Å². The highest BCUT2D eigenvalue weighted by Crippen LogP contribution is 1.91. The van der Waals surface area contributed by atoms with Crippen LogP contribution in [-0.2, 0) is 0 Å². The lowest BCUT2D eigenvalue weighted by Gasteiger charge is -1.94. The molecular weight excluding hydrogens is 136 g/mol. The van der Waals surface area contributed by atoms with Gasteiger partial charge in [0.25, 0.3) is 0 Å². The Morgan fingerprint density at radius 1 is 1.55 bits per heavy atom. The van der Waals surface area contributed by atoms with Crippen molar-refractivity contribution in [2.24, 2.45) is 0 Å². The Hall–Kier alpha value is -1.02. The van der Waals surface area contributed by atoms with Gasteiger partial charge in [-0.2, -0.15) is 0 Å². The van der Waals surface area contributed by atoms with Crippen LogP contribution in [0.25, 0.3) is 0 Å². The van der Waals surface area contributed by atoms with Crippen LogP contribution in [0.3, 0.4) is 0 Å². The molecule has 0 spiro atoms. The van der Waals surface area contributed by atoms with Gasteiger partial charge in [-0.15, -0.1) is 0 Å². The van der Waals surface area contributed by atoms with Crippen LogP contribution in [-0.4, -0.2) is 13.7 Å². The highest BCUT2D eigenvalue weighted by molar-refractivity contribution is 5.19. The molecule has 0 bridgehead atoms. The first-order valence-electron chi connectivity index (χ1n) is 3.65. The Balaban J connectivity index is 3.50. The third kappa shape index (κ3) is 6.87. The fraction of sp³-hybridized carbons (Fsp3) is 0.333. The number of nitrogens with one attached hydrogen (secondary N) is 2. The SMILES string of the molecule is C=C/C(C)=C/C=C\NCNC. The zero-order valence-electron chi connectivity index (χ0n) is 7.22. The molecule has 0 aliphatic carbocycles. The van der Waals surface area contributed by atoms with Gasteiger partial charge in [-0.25, -0.2) is 0 Å². The highest BCUT2D eigenvalue weighted by atomic mass is 15.0. The van der Waals surface area contributed by atoms with E-state index in [0.717, 1.165) is 12.2 Å². The van der Waals surface area contributed by atoms with E-state index in [1.807, 2.05) is 38.4 Å². The molecule has 0 aromatic heterocycles. The van der Waals surface area contributed by atoms with Crippen molar-refractivity contribution in [3.63, 3.8) is 0 Å². The Bertz CT molecular complexity index is 157. The maximum atomic E-state index is 3.64. The molecule has 0 aliphatic rings. The van der Waals surface area contributed by atoms with E-state index in [4.69, 9.17) is 0 Å². The van der Waals surface area contributed by atoms with Gasteiger partial charge in [0, 0.05) is 0 Å². The van der Waals surface area contributed by atoms with Crippen molar-refractivity contribution in [2.75, 3.05) is 13.7 Å². The minimum Gasteiger partial charge on any atom is -0.378 e. The van der Waals surface area contributed by atoms with E-state index in [2.05, 4.69) is 17.2 Å². The molecule has 2 heteroatoms. The van der Waals surface area contributed by atoms with E-state index in [9.17, 15) is 0 Å². The minimum atomic E-state index is 0.789. The molecular formula is C9H16N2. The Labute approximate surface area is 68.7 Å². The molecule has 2 nitrogen and oxygen atoms in total. The van der Waals surface area contributed by atoms with Crippen LogP contribution in [0.2, 0.25) is 0 Å². The lowest BCUT2D eigenvalue weighted by atomic mass is 10.3. The van der Waals surface area contributed by atoms with Crippen LogP contribution in [0.5, 0.6) is 0 Å². The quantitative estimate of drug-likeness (QED) is 0.353. The van der Waals surface area contributed by atoms with Crippen molar-refractivity contribution in [1.29, 1.82) is 0 Å². The van der Waals surface area contributed by atoms with Crippen molar-refractivity contribution in [3.05, 3.63) is 36.6 Å². The van der Waals surface area contributed by atoms with Gasteiger partial charge in [0.2, 0.25) is 0 Å².